The second-order valence-corrected chi connectivity index (χ2v) is 3.69. The van der Waals surface area contributed by atoms with Crippen LogP contribution in [-0.2, 0) is 0 Å². The normalized spacial score (nSPS) is 17.1. The molecule has 5 heteroatoms. The van der Waals surface area contributed by atoms with E-state index in [2.05, 4.69) is 15.2 Å². The fraction of sp³-hybridized carbons (Fsp3) is 0.444. The fourth-order valence-corrected chi connectivity index (χ4v) is 1.76. The number of rotatable bonds is 1. The lowest BCUT2D eigenvalue weighted by Gasteiger charge is -2.30. The molecule has 0 unspecified atom stereocenters. The molecular weight excluding hydrogens is 200 g/mol. The molecule has 0 aromatic carbocycles. The van der Waals surface area contributed by atoms with Crippen molar-refractivity contribution in [2.75, 3.05) is 36.8 Å². The van der Waals surface area contributed by atoms with E-state index in [1.54, 1.807) is 6.20 Å². The lowest BCUT2D eigenvalue weighted by molar-refractivity contribution is 0.589. The third-order valence-electron chi connectivity index (χ3n) is 2.34. The van der Waals surface area contributed by atoms with Crippen LogP contribution in [0.2, 0.25) is 5.15 Å². The number of hydrogen-bond acceptors (Lipinski definition) is 4. The standard InChI is InChI=1S/C9H13ClN4/c10-9-5-8(7(11)6-13-9)14-3-1-12-2-4-14/h5-6,12H,1-4,11H2. The molecule has 0 bridgehead atoms. The van der Waals surface area contributed by atoms with E-state index >= 15 is 0 Å². The van der Waals surface area contributed by atoms with Gasteiger partial charge in [-0.05, 0) is 0 Å². The molecule has 0 spiro atoms. The second-order valence-electron chi connectivity index (χ2n) is 3.30. The summed E-state index contributed by atoms with van der Waals surface area (Å²) in [6, 6.07) is 1.82. The van der Waals surface area contributed by atoms with Crippen molar-refractivity contribution in [1.29, 1.82) is 0 Å². The number of pyridine rings is 1. The molecule has 0 atom stereocenters. The van der Waals surface area contributed by atoms with Crippen molar-refractivity contribution in [2.45, 2.75) is 0 Å². The molecule has 0 aliphatic carbocycles. The van der Waals surface area contributed by atoms with Crippen LogP contribution < -0.4 is 16.0 Å². The number of aromatic nitrogens is 1. The minimum absolute atomic E-state index is 0.493. The highest BCUT2D eigenvalue weighted by atomic mass is 35.5. The largest absolute Gasteiger partial charge is 0.396 e. The Kier molecular flexibility index (Phi) is 2.74. The van der Waals surface area contributed by atoms with Gasteiger partial charge in [-0.3, -0.25) is 0 Å². The zero-order valence-electron chi connectivity index (χ0n) is 7.83. The molecule has 76 valence electrons. The maximum absolute atomic E-state index is 5.84. The summed E-state index contributed by atoms with van der Waals surface area (Å²) in [6.45, 7) is 3.90. The number of nitrogen functional groups attached to an aromatic ring is 1. The second kappa shape index (κ2) is 4.02. The Morgan fingerprint density at radius 2 is 2.14 bits per heavy atom. The molecule has 1 aromatic heterocycles. The molecule has 2 heterocycles. The minimum atomic E-state index is 0.493. The minimum Gasteiger partial charge on any atom is -0.396 e. The number of anilines is 2. The quantitative estimate of drug-likeness (QED) is 0.674. The highest BCUT2D eigenvalue weighted by molar-refractivity contribution is 6.29. The van der Waals surface area contributed by atoms with Crippen LogP contribution in [0.5, 0.6) is 0 Å². The molecule has 4 nitrogen and oxygen atoms in total. The number of piperazine rings is 1. The molecule has 2 rings (SSSR count). The van der Waals surface area contributed by atoms with Crippen molar-refractivity contribution in [3.8, 4) is 0 Å². The van der Waals surface area contributed by atoms with Gasteiger partial charge in [0.1, 0.15) is 5.15 Å². The van der Waals surface area contributed by atoms with Gasteiger partial charge >= 0.3 is 0 Å². The van der Waals surface area contributed by atoms with Gasteiger partial charge < -0.3 is 16.0 Å². The van der Waals surface area contributed by atoms with E-state index < -0.39 is 0 Å². The van der Waals surface area contributed by atoms with E-state index in [4.69, 9.17) is 17.3 Å². The number of halogens is 1. The predicted octanol–water partition coefficient (Wildman–Crippen LogP) is 0.727. The van der Waals surface area contributed by atoms with Crippen molar-refractivity contribution < 1.29 is 0 Å². The monoisotopic (exact) mass is 212 g/mol. The van der Waals surface area contributed by atoms with Crippen molar-refractivity contribution in [3.63, 3.8) is 0 Å². The Morgan fingerprint density at radius 1 is 1.43 bits per heavy atom. The van der Waals surface area contributed by atoms with Gasteiger partial charge in [0, 0.05) is 32.2 Å². The fourth-order valence-electron chi connectivity index (χ4n) is 1.61. The Hall–Kier alpha value is -1.00. The summed E-state index contributed by atoms with van der Waals surface area (Å²) < 4.78 is 0. The number of nitrogens with one attached hydrogen (secondary N) is 1. The van der Waals surface area contributed by atoms with Crippen LogP contribution in [-0.4, -0.2) is 31.2 Å². The van der Waals surface area contributed by atoms with Gasteiger partial charge in [-0.15, -0.1) is 0 Å². The van der Waals surface area contributed by atoms with Crippen LogP contribution in [0.1, 0.15) is 0 Å². The summed E-state index contributed by atoms with van der Waals surface area (Å²) in [5.41, 5.74) is 7.52. The Balaban J connectivity index is 2.24. The Morgan fingerprint density at radius 3 is 2.86 bits per heavy atom. The molecule has 1 aliphatic heterocycles. The van der Waals surface area contributed by atoms with Crippen molar-refractivity contribution in [3.05, 3.63) is 17.4 Å². The maximum Gasteiger partial charge on any atom is 0.131 e. The molecule has 14 heavy (non-hydrogen) atoms. The van der Waals surface area contributed by atoms with Gasteiger partial charge in [0.25, 0.3) is 0 Å². The third-order valence-corrected chi connectivity index (χ3v) is 2.54. The van der Waals surface area contributed by atoms with Crippen LogP contribution in [0.15, 0.2) is 12.3 Å². The van der Waals surface area contributed by atoms with E-state index in [1.807, 2.05) is 6.07 Å². The zero-order chi connectivity index (χ0) is 9.97. The molecule has 0 saturated carbocycles. The van der Waals surface area contributed by atoms with Crippen molar-refractivity contribution in [2.24, 2.45) is 0 Å². The van der Waals surface area contributed by atoms with Crippen LogP contribution in [0, 0.1) is 0 Å². The van der Waals surface area contributed by atoms with Gasteiger partial charge in [0.05, 0.1) is 17.6 Å². The van der Waals surface area contributed by atoms with E-state index in [9.17, 15) is 0 Å². The molecular formula is C9H13ClN4. The zero-order valence-corrected chi connectivity index (χ0v) is 8.59. The molecule has 1 aliphatic rings. The smallest absolute Gasteiger partial charge is 0.131 e. The number of nitrogens with zero attached hydrogens (tertiary/aromatic N) is 2. The molecule has 1 aromatic rings. The first-order valence-corrected chi connectivity index (χ1v) is 5.02. The van der Waals surface area contributed by atoms with Gasteiger partial charge in [-0.1, -0.05) is 11.6 Å². The Labute approximate surface area is 88.1 Å². The molecule has 1 saturated heterocycles. The summed E-state index contributed by atoms with van der Waals surface area (Å²) in [5.74, 6) is 0. The van der Waals surface area contributed by atoms with Crippen molar-refractivity contribution in [1.82, 2.24) is 10.3 Å². The van der Waals surface area contributed by atoms with Gasteiger partial charge in [-0.25, -0.2) is 4.98 Å². The lowest BCUT2D eigenvalue weighted by Crippen LogP contribution is -2.43. The maximum atomic E-state index is 5.84. The van der Waals surface area contributed by atoms with Gasteiger partial charge in [0.2, 0.25) is 0 Å². The highest BCUT2D eigenvalue weighted by Crippen LogP contribution is 2.24. The van der Waals surface area contributed by atoms with Crippen molar-refractivity contribution >= 4 is 23.0 Å². The van der Waals surface area contributed by atoms with Crippen LogP contribution >= 0.6 is 11.6 Å². The van der Waals surface area contributed by atoms with Crippen LogP contribution in [0.25, 0.3) is 0 Å². The number of hydrogen-bond donors (Lipinski definition) is 2. The average Bonchev–Trinajstić information content (AvgIpc) is 2.23. The van der Waals surface area contributed by atoms with E-state index in [1.165, 1.54) is 0 Å². The van der Waals surface area contributed by atoms with E-state index in [0.29, 0.717) is 10.8 Å². The predicted molar refractivity (Wildman–Crippen MR) is 58.7 cm³/mol. The molecule has 0 radical (unpaired) electrons. The lowest BCUT2D eigenvalue weighted by atomic mass is 10.2. The first-order chi connectivity index (χ1) is 6.77. The average molecular weight is 213 g/mol. The summed E-state index contributed by atoms with van der Waals surface area (Å²) in [5, 5.41) is 3.78. The Bertz CT molecular complexity index is 323. The summed E-state index contributed by atoms with van der Waals surface area (Å²) in [4.78, 5) is 6.15. The SMILES string of the molecule is Nc1cnc(Cl)cc1N1CCNCC1. The van der Waals surface area contributed by atoms with Gasteiger partial charge in [0.15, 0.2) is 0 Å². The first kappa shape index (κ1) is 9.55. The third kappa shape index (κ3) is 1.91. The van der Waals surface area contributed by atoms with Crippen LogP contribution in [0.3, 0.4) is 0 Å². The summed E-state index contributed by atoms with van der Waals surface area (Å²) >= 11 is 5.83. The number of nitrogens with two attached hydrogens (primary N) is 1. The first-order valence-electron chi connectivity index (χ1n) is 4.64. The van der Waals surface area contributed by atoms with Gasteiger partial charge in [-0.2, -0.15) is 0 Å². The topological polar surface area (TPSA) is 54.2 Å². The molecule has 3 N–H and O–H groups in total. The van der Waals surface area contributed by atoms with E-state index in [-0.39, 0.29) is 0 Å². The molecule has 1 fully saturated rings. The summed E-state index contributed by atoms with van der Waals surface area (Å²) in [7, 11) is 0. The highest BCUT2D eigenvalue weighted by Gasteiger charge is 2.13. The summed E-state index contributed by atoms with van der Waals surface area (Å²) in [6.07, 6.45) is 1.61. The molecule has 0 amide bonds. The van der Waals surface area contributed by atoms with Crippen LogP contribution in [0.4, 0.5) is 11.4 Å². The van der Waals surface area contributed by atoms with E-state index in [0.717, 1.165) is 31.9 Å².